The van der Waals surface area contributed by atoms with Gasteiger partial charge in [0.2, 0.25) is 15.6 Å². The minimum absolute atomic E-state index is 0.127. The molecule has 0 spiro atoms. The van der Waals surface area contributed by atoms with Crippen molar-refractivity contribution < 1.29 is 26.4 Å². The first-order valence-electron chi connectivity index (χ1n) is 8.76. The standard InChI is InChI=1S/C17H16ClF3N4O5S/c1-8(2)7-25-12-11(13(26)23-15(25)28)16(14(27)22-12,17(19,20)21)24-31(29,30)10-5-3-9(18)4-6-10/h3-6,8,24H,7H2,1-2H3,(H,22,27)(H,23,26,28)/t16-/m1/s1. The molecule has 3 N–H and O–H groups in total. The zero-order chi connectivity index (χ0) is 23.4. The Kier molecular flexibility index (Phi) is 5.57. The van der Waals surface area contributed by atoms with Crippen molar-refractivity contribution in [1.29, 1.82) is 0 Å². The third-order valence-electron chi connectivity index (χ3n) is 4.53. The van der Waals surface area contributed by atoms with E-state index in [1.165, 1.54) is 4.72 Å². The number of sulfonamides is 1. The van der Waals surface area contributed by atoms with E-state index in [1.54, 1.807) is 18.8 Å². The molecular weight excluding hydrogens is 465 g/mol. The molecule has 0 saturated carbocycles. The number of aromatic amines is 1. The van der Waals surface area contributed by atoms with E-state index in [4.69, 9.17) is 11.6 Å². The van der Waals surface area contributed by atoms with Crippen molar-refractivity contribution in [3.05, 3.63) is 55.7 Å². The highest BCUT2D eigenvalue weighted by molar-refractivity contribution is 7.89. The molecule has 0 bridgehead atoms. The van der Waals surface area contributed by atoms with Crippen molar-refractivity contribution in [1.82, 2.24) is 14.3 Å². The summed E-state index contributed by atoms with van der Waals surface area (Å²) in [6.45, 7) is 3.16. The fourth-order valence-corrected chi connectivity index (χ4v) is 4.65. The highest BCUT2D eigenvalue weighted by Crippen LogP contribution is 2.45. The maximum absolute atomic E-state index is 14.3. The normalized spacial score (nSPS) is 18.9. The SMILES string of the molecule is CC(C)Cn1c2c(c(=O)[nH]c1=O)[C@](NS(=O)(=O)c1ccc(Cl)cc1)(C(F)(F)F)C(=O)N2. The molecule has 31 heavy (non-hydrogen) atoms. The van der Waals surface area contributed by atoms with Crippen molar-refractivity contribution in [2.75, 3.05) is 5.32 Å². The Bertz CT molecular complexity index is 1270. The predicted octanol–water partition coefficient (Wildman–Crippen LogP) is 1.53. The Morgan fingerprint density at radius 2 is 1.74 bits per heavy atom. The number of aromatic nitrogens is 2. The second-order valence-electron chi connectivity index (χ2n) is 7.25. The molecule has 3 rings (SSSR count). The lowest BCUT2D eigenvalue weighted by molar-refractivity contribution is -0.194. The van der Waals surface area contributed by atoms with Crippen molar-refractivity contribution >= 4 is 33.3 Å². The molecule has 2 heterocycles. The number of H-pyrrole nitrogens is 1. The number of carbonyl (C=O) groups excluding carboxylic acids is 1. The first kappa shape index (κ1) is 23.0. The highest BCUT2D eigenvalue weighted by atomic mass is 35.5. The second-order valence-corrected chi connectivity index (χ2v) is 9.37. The molecule has 1 aliphatic heterocycles. The van der Waals surface area contributed by atoms with Crippen molar-refractivity contribution in [3.8, 4) is 0 Å². The minimum atomic E-state index is -5.57. The smallest absolute Gasteiger partial charge is 0.309 e. The highest BCUT2D eigenvalue weighted by Gasteiger charge is 2.69. The molecule has 0 unspecified atom stereocenters. The van der Waals surface area contributed by atoms with Gasteiger partial charge >= 0.3 is 11.9 Å². The lowest BCUT2D eigenvalue weighted by Crippen LogP contribution is -2.61. The van der Waals surface area contributed by atoms with Crippen molar-refractivity contribution in [2.24, 2.45) is 5.92 Å². The van der Waals surface area contributed by atoms with Crippen LogP contribution in [0.15, 0.2) is 38.8 Å². The molecule has 0 radical (unpaired) electrons. The number of nitrogens with one attached hydrogen (secondary N) is 3. The maximum Gasteiger partial charge on any atom is 0.421 e. The quantitative estimate of drug-likeness (QED) is 0.597. The van der Waals surface area contributed by atoms with Gasteiger partial charge in [0.1, 0.15) is 5.82 Å². The minimum Gasteiger partial charge on any atom is -0.309 e. The van der Waals surface area contributed by atoms with Crippen LogP contribution in [0.4, 0.5) is 19.0 Å². The molecule has 1 aromatic carbocycles. The van der Waals surface area contributed by atoms with Crippen LogP contribution in [0.3, 0.4) is 0 Å². The van der Waals surface area contributed by atoms with Gasteiger partial charge < -0.3 is 5.32 Å². The number of rotatable bonds is 5. The number of carbonyl (C=O) groups is 1. The zero-order valence-corrected chi connectivity index (χ0v) is 17.6. The molecule has 1 amide bonds. The summed E-state index contributed by atoms with van der Waals surface area (Å²) in [6.07, 6.45) is -5.57. The second kappa shape index (κ2) is 7.50. The largest absolute Gasteiger partial charge is 0.421 e. The summed E-state index contributed by atoms with van der Waals surface area (Å²) >= 11 is 5.68. The molecule has 0 saturated heterocycles. The van der Waals surface area contributed by atoms with Crippen LogP contribution in [-0.4, -0.2) is 30.1 Å². The summed E-state index contributed by atoms with van der Waals surface area (Å²) in [6, 6.07) is 4.14. The van der Waals surface area contributed by atoms with E-state index in [0.29, 0.717) is 0 Å². The molecule has 0 fully saturated rings. The van der Waals surface area contributed by atoms with E-state index >= 15 is 0 Å². The van der Waals surface area contributed by atoms with Crippen molar-refractivity contribution in [3.63, 3.8) is 0 Å². The Balaban J connectivity index is 2.31. The zero-order valence-electron chi connectivity index (χ0n) is 16.0. The number of halogens is 4. The molecule has 168 valence electrons. The fourth-order valence-electron chi connectivity index (χ4n) is 3.20. The summed E-state index contributed by atoms with van der Waals surface area (Å²) in [7, 11) is -4.97. The Labute approximate surface area is 178 Å². The van der Waals surface area contributed by atoms with E-state index in [-0.39, 0.29) is 17.5 Å². The number of benzene rings is 1. The van der Waals surface area contributed by atoms with Gasteiger partial charge in [0.25, 0.3) is 11.5 Å². The van der Waals surface area contributed by atoms with Crippen LogP contribution in [0.25, 0.3) is 0 Å². The van der Waals surface area contributed by atoms with Gasteiger partial charge in [-0.2, -0.15) is 17.9 Å². The summed E-state index contributed by atoms with van der Waals surface area (Å²) < 4.78 is 70.4. The monoisotopic (exact) mass is 480 g/mol. The van der Waals surface area contributed by atoms with Gasteiger partial charge in [-0.25, -0.2) is 13.2 Å². The molecule has 1 aliphatic rings. The fraction of sp³-hybridized carbons (Fsp3) is 0.353. The molecule has 9 nitrogen and oxygen atoms in total. The van der Waals surface area contributed by atoms with Gasteiger partial charge in [-0.05, 0) is 30.2 Å². The van der Waals surface area contributed by atoms with E-state index in [0.717, 1.165) is 28.8 Å². The van der Waals surface area contributed by atoms with Gasteiger partial charge in [-0.15, -0.1) is 0 Å². The maximum atomic E-state index is 14.3. The first-order chi connectivity index (χ1) is 14.2. The average Bonchev–Trinajstić information content (AvgIpc) is 2.92. The van der Waals surface area contributed by atoms with Gasteiger partial charge in [-0.3, -0.25) is 19.1 Å². The Morgan fingerprint density at radius 3 is 2.26 bits per heavy atom. The van der Waals surface area contributed by atoms with Gasteiger partial charge in [0.15, 0.2) is 0 Å². The molecule has 14 heteroatoms. The van der Waals surface area contributed by atoms with Crippen LogP contribution < -0.4 is 21.3 Å². The summed E-state index contributed by atoms with van der Waals surface area (Å²) in [4.78, 5) is 38.3. The molecule has 0 aliphatic carbocycles. The number of fused-ring (bicyclic) bond motifs is 1. The summed E-state index contributed by atoms with van der Waals surface area (Å²) in [5.41, 5.74) is -7.81. The van der Waals surface area contributed by atoms with E-state index in [1.807, 2.05) is 5.32 Å². The van der Waals surface area contributed by atoms with E-state index < -0.39 is 55.2 Å². The summed E-state index contributed by atoms with van der Waals surface area (Å²) in [5, 5.41) is 2.00. The van der Waals surface area contributed by atoms with Gasteiger partial charge in [0, 0.05) is 11.6 Å². The topological polar surface area (TPSA) is 130 Å². The molecule has 1 atom stereocenters. The molecule has 2 aromatic rings. The number of anilines is 1. The average molecular weight is 481 g/mol. The predicted molar refractivity (Wildman–Crippen MR) is 104 cm³/mol. The van der Waals surface area contributed by atoms with Crippen LogP contribution >= 0.6 is 11.6 Å². The summed E-state index contributed by atoms with van der Waals surface area (Å²) in [5.74, 6) is -2.83. The van der Waals surface area contributed by atoms with Crippen LogP contribution in [0.5, 0.6) is 0 Å². The van der Waals surface area contributed by atoms with Crippen LogP contribution in [0.2, 0.25) is 5.02 Å². The lowest BCUT2D eigenvalue weighted by atomic mass is 9.93. The molecular formula is C17H16ClF3N4O5S. The van der Waals surface area contributed by atoms with Gasteiger partial charge in [-0.1, -0.05) is 25.4 Å². The Hall–Kier alpha value is -2.64. The van der Waals surface area contributed by atoms with Crippen LogP contribution in [0.1, 0.15) is 19.4 Å². The number of nitrogens with zero attached hydrogens (tertiary/aromatic N) is 1. The lowest BCUT2D eigenvalue weighted by Gasteiger charge is -2.29. The number of amides is 1. The van der Waals surface area contributed by atoms with Crippen molar-refractivity contribution in [2.45, 2.75) is 37.0 Å². The number of hydrogen-bond acceptors (Lipinski definition) is 5. The Morgan fingerprint density at radius 1 is 1.16 bits per heavy atom. The third kappa shape index (κ3) is 3.77. The van der Waals surface area contributed by atoms with Gasteiger partial charge in [0.05, 0.1) is 10.5 Å². The van der Waals surface area contributed by atoms with E-state index in [9.17, 15) is 36.0 Å². The van der Waals surface area contributed by atoms with Crippen LogP contribution in [0, 0.1) is 5.92 Å². The van der Waals surface area contributed by atoms with Crippen LogP contribution in [-0.2, 0) is 26.9 Å². The number of hydrogen-bond donors (Lipinski definition) is 3. The van der Waals surface area contributed by atoms with E-state index in [2.05, 4.69) is 0 Å². The number of alkyl halides is 3. The molecule has 1 aromatic heterocycles. The third-order valence-corrected chi connectivity index (χ3v) is 6.25. The first-order valence-corrected chi connectivity index (χ1v) is 10.6.